The second-order valence-electron chi connectivity index (χ2n) is 10.8. The van der Waals surface area contributed by atoms with E-state index in [4.69, 9.17) is 4.74 Å². The number of carbonyl (C=O) groups is 2. The van der Waals surface area contributed by atoms with Gasteiger partial charge in [-0.2, -0.15) is 9.49 Å². The normalized spacial score (nSPS) is 19.6. The number of pyridine rings is 1. The monoisotopic (exact) mass is 580 g/mol. The topological polar surface area (TPSA) is 122 Å². The molecule has 10 nitrogen and oxygen atoms in total. The van der Waals surface area contributed by atoms with Gasteiger partial charge in [0.1, 0.15) is 29.0 Å². The largest absolute Gasteiger partial charge is 0.474 e. The van der Waals surface area contributed by atoms with E-state index in [-0.39, 0.29) is 35.4 Å². The number of likely N-dealkylation sites (tertiary alicyclic amines) is 1. The number of amides is 2. The third kappa shape index (κ3) is 5.12. The SMILES string of the molecule is Cn1nc(-c2ncsc2F)cc1C(=O)N1C[C@@H]2C(Oc3cc(C(C)(C)NC(=O)O)cc(-c4ccc(F)cc4)n3)[C@@H]2C1. The van der Waals surface area contributed by atoms with E-state index in [1.807, 2.05) is 0 Å². The van der Waals surface area contributed by atoms with Crippen molar-refractivity contribution >= 4 is 23.3 Å². The van der Waals surface area contributed by atoms with E-state index in [9.17, 15) is 23.5 Å². The number of halogens is 2. The molecule has 4 aromatic rings. The Hall–Kier alpha value is -4.39. The number of thiazole rings is 1. The van der Waals surface area contributed by atoms with Crippen molar-refractivity contribution in [3.63, 3.8) is 0 Å². The number of carbonyl (C=O) groups excluding carboxylic acids is 1. The van der Waals surface area contributed by atoms with E-state index < -0.39 is 16.8 Å². The average molecular weight is 581 g/mol. The Balaban J connectivity index is 1.18. The summed E-state index contributed by atoms with van der Waals surface area (Å²) < 4.78 is 35.2. The van der Waals surface area contributed by atoms with Gasteiger partial charge < -0.3 is 20.1 Å². The van der Waals surface area contributed by atoms with E-state index >= 15 is 0 Å². The van der Waals surface area contributed by atoms with Crippen molar-refractivity contribution in [1.82, 2.24) is 30.0 Å². The lowest BCUT2D eigenvalue weighted by molar-refractivity contribution is 0.0740. The van der Waals surface area contributed by atoms with Crippen LogP contribution in [0.15, 0.2) is 48.0 Å². The molecule has 13 heteroatoms. The summed E-state index contributed by atoms with van der Waals surface area (Å²) in [7, 11) is 1.64. The fourth-order valence-electron chi connectivity index (χ4n) is 5.33. The Morgan fingerprint density at radius 2 is 1.80 bits per heavy atom. The Kier molecular flexibility index (Phi) is 6.48. The van der Waals surface area contributed by atoms with Crippen LogP contribution in [0.25, 0.3) is 22.6 Å². The lowest BCUT2D eigenvalue weighted by atomic mass is 9.93. The average Bonchev–Trinajstić information content (AvgIpc) is 3.34. The summed E-state index contributed by atoms with van der Waals surface area (Å²) in [5.41, 5.74) is 3.03. The predicted octanol–water partition coefficient (Wildman–Crippen LogP) is 4.54. The first kappa shape index (κ1) is 26.8. The number of fused-ring (bicyclic) bond motifs is 1. The molecule has 0 spiro atoms. The van der Waals surface area contributed by atoms with E-state index in [1.165, 1.54) is 22.3 Å². The molecule has 1 saturated carbocycles. The summed E-state index contributed by atoms with van der Waals surface area (Å²) >= 11 is 0.874. The summed E-state index contributed by atoms with van der Waals surface area (Å²) in [5.74, 6) is -0.0502. The van der Waals surface area contributed by atoms with Crippen LogP contribution in [0.3, 0.4) is 0 Å². The zero-order chi connectivity index (χ0) is 29.1. The van der Waals surface area contributed by atoms with Crippen molar-refractivity contribution in [2.75, 3.05) is 13.1 Å². The summed E-state index contributed by atoms with van der Waals surface area (Å²) in [6, 6.07) is 10.9. The number of benzene rings is 1. The van der Waals surface area contributed by atoms with Crippen LogP contribution < -0.4 is 10.1 Å². The van der Waals surface area contributed by atoms with Gasteiger partial charge in [0.25, 0.3) is 5.91 Å². The number of aromatic nitrogens is 4. The molecule has 4 heterocycles. The van der Waals surface area contributed by atoms with Crippen LogP contribution in [-0.2, 0) is 12.6 Å². The molecule has 2 N–H and O–H groups in total. The van der Waals surface area contributed by atoms with Crippen LogP contribution in [0.2, 0.25) is 0 Å². The standard InChI is InChI=1S/C28H26F2N6O4S/c1-28(2,33-27(38)39)15-8-19(14-4-6-16(29)7-5-14)32-22(9-15)40-24-17-11-36(12-18(17)24)26(37)21-10-20(34-35(21)3)23-25(30)41-13-31-23/h4-10,13,17-18,24,33H,11-12H2,1-3H3,(H,38,39)/t17-,18+,24?. The summed E-state index contributed by atoms with van der Waals surface area (Å²) in [6.07, 6.45) is -1.33. The molecule has 3 aromatic heterocycles. The van der Waals surface area contributed by atoms with E-state index in [1.54, 1.807) is 56.1 Å². The van der Waals surface area contributed by atoms with E-state index in [2.05, 4.69) is 20.4 Å². The lowest BCUT2D eigenvalue weighted by Gasteiger charge is -2.26. The highest BCUT2D eigenvalue weighted by molar-refractivity contribution is 7.08. The fraction of sp³-hybridized carbons (Fsp3) is 0.321. The van der Waals surface area contributed by atoms with Crippen molar-refractivity contribution in [2.45, 2.75) is 25.5 Å². The number of carboxylic acid groups (broad SMARTS) is 1. The molecule has 6 rings (SSSR count). The maximum atomic E-state index is 14.0. The van der Waals surface area contributed by atoms with Crippen molar-refractivity contribution in [1.29, 1.82) is 0 Å². The maximum Gasteiger partial charge on any atom is 0.405 e. The van der Waals surface area contributed by atoms with Crippen LogP contribution in [-0.4, -0.2) is 60.9 Å². The van der Waals surface area contributed by atoms with Crippen molar-refractivity contribution < 1.29 is 28.2 Å². The van der Waals surface area contributed by atoms with Crippen LogP contribution in [0.5, 0.6) is 5.88 Å². The van der Waals surface area contributed by atoms with Crippen LogP contribution in [0.1, 0.15) is 29.9 Å². The predicted molar refractivity (Wildman–Crippen MR) is 145 cm³/mol. The van der Waals surface area contributed by atoms with E-state index in [0.717, 1.165) is 11.3 Å². The third-order valence-electron chi connectivity index (χ3n) is 7.61. The molecule has 1 saturated heterocycles. The number of nitrogens with one attached hydrogen (secondary N) is 1. The number of hydrogen-bond acceptors (Lipinski definition) is 7. The Bertz CT molecular complexity index is 1640. The van der Waals surface area contributed by atoms with Crippen molar-refractivity contribution in [2.24, 2.45) is 18.9 Å². The summed E-state index contributed by atoms with van der Waals surface area (Å²) in [5, 5.41) is 15.7. The maximum absolute atomic E-state index is 14.0. The van der Waals surface area contributed by atoms with Crippen LogP contribution in [0.4, 0.5) is 13.6 Å². The van der Waals surface area contributed by atoms with Crippen molar-refractivity contribution in [3.05, 3.63) is 70.2 Å². The van der Waals surface area contributed by atoms with Gasteiger partial charge in [-0.3, -0.25) is 9.48 Å². The Morgan fingerprint density at radius 1 is 1.10 bits per heavy atom. The van der Waals surface area contributed by atoms with Gasteiger partial charge in [0.15, 0.2) is 0 Å². The first-order valence-corrected chi connectivity index (χ1v) is 13.8. The zero-order valence-corrected chi connectivity index (χ0v) is 23.2. The number of rotatable bonds is 7. The van der Waals surface area contributed by atoms with Gasteiger partial charge >= 0.3 is 6.09 Å². The highest BCUT2D eigenvalue weighted by Gasteiger charge is 2.59. The zero-order valence-electron chi connectivity index (χ0n) is 22.3. The number of piperidine rings is 1. The van der Waals surface area contributed by atoms with Crippen LogP contribution in [0, 0.1) is 22.8 Å². The van der Waals surface area contributed by atoms with Gasteiger partial charge in [0.05, 0.1) is 16.7 Å². The minimum Gasteiger partial charge on any atom is -0.474 e. The third-order valence-corrected chi connectivity index (χ3v) is 8.22. The molecule has 2 fully saturated rings. The molecule has 3 atom stereocenters. The molecule has 0 radical (unpaired) electrons. The second kappa shape index (κ2) is 9.91. The molecule has 212 valence electrons. The lowest BCUT2D eigenvalue weighted by Crippen LogP contribution is -2.40. The number of hydrogen-bond donors (Lipinski definition) is 2. The van der Waals surface area contributed by atoms with Gasteiger partial charge in [-0.25, -0.2) is 19.2 Å². The molecular formula is C28H26F2N6O4S. The molecule has 1 aromatic carbocycles. The smallest absolute Gasteiger partial charge is 0.405 e. The molecule has 1 aliphatic carbocycles. The van der Waals surface area contributed by atoms with E-state index in [0.29, 0.717) is 47.2 Å². The second-order valence-corrected chi connectivity index (χ2v) is 11.6. The quantitative estimate of drug-likeness (QED) is 0.329. The minimum absolute atomic E-state index is 0.104. The van der Waals surface area contributed by atoms with Gasteiger partial charge in [-0.1, -0.05) is 11.3 Å². The summed E-state index contributed by atoms with van der Waals surface area (Å²) in [6.45, 7) is 4.43. The molecule has 1 aliphatic heterocycles. The number of nitrogens with zero attached hydrogens (tertiary/aromatic N) is 5. The molecule has 41 heavy (non-hydrogen) atoms. The minimum atomic E-state index is -1.17. The molecular weight excluding hydrogens is 554 g/mol. The number of ether oxygens (including phenoxy) is 1. The Labute approximate surface area is 237 Å². The molecule has 0 bridgehead atoms. The van der Waals surface area contributed by atoms with Crippen molar-refractivity contribution in [3.8, 4) is 28.5 Å². The summed E-state index contributed by atoms with van der Waals surface area (Å²) in [4.78, 5) is 35.0. The fourth-order valence-corrected chi connectivity index (χ4v) is 5.85. The molecule has 2 amide bonds. The van der Waals surface area contributed by atoms with Gasteiger partial charge in [-0.05, 0) is 55.8 Å². The van der Waals surface area contributed by atoms with Gasteiger partial charge in [0.2, 0.25) is 11.0 Å². The van der Waals surface area contributed by atoms with Gasteiger partial charge in [-0.15, -0.1) is 0 Å². The first-order chi connectivity index (χ1) is 19.5. The highest BCUT2D eigenvalue weighted by Crippen LogP contribution is 2.48. The highest BCUT2D eigenvalue weighted by atomic mass is 32.1. The molecule has 2 aliphatic rings. The molecule has 1 unspecified atom stereocenters. The van der Waals surface area contributed by atoms with Crippen LogP contribution >= 0.6 is 11.3 Å². The van der Waals surface area contributed by atoms with Gasteiger partial charge in [0, 0.05) is 43.6 Å². The number of aryl methyl sites for hydroxylation is 1. The first-order valence-electron chi connectivity index (χ1n) is 12.9. The Morgan fingerprint density at radius 3 is 2.44 bits per heavy atom.